The number of thiophene rings is 1. The smallest absolute Gasteiger partial charge is 0.321 e. The summed E-state index contributed by atoms with van der Waals surface area (Å²) in [5.74, 6) is -1.66. The van der Waals surface area contributed by atoms with Gasteiger partial charge in [-0.15, -0.1) is 11.3 Å². The number of hydrogen-bond acceptors (Lipinski definition) is 4. The Morgan fingerprint density at radius 1 is 1.30 bits per heavy atom. The van der Waals surface area contributed by atoms with E-state index in [1.807, 2.05) is 26.0 Å². The fourth-order valence-electron chi connectivity index (χ4n) is 1.62. The van der Waals surface area contributed by atoms with Crippen molar-refractivity contribution in [2.45, 2.75) is 39.2 Å². The molecule has 0 saturated heterocycles. The molecule has 1 unspecified atom stereocenters. The lowest BCUT2D eigenvalue weighted by Crippen LogP contribution is -2.44. The first-order chi connectivity index (χ1) is 9.36. The molecule has 0 saturated carbocycles. The number of imide groups is 1. The van der Waals surface area contributed by atoms with E-state index in [4.69, 9.17) is 5.11 Å². The van der Waals surface area contributed by atoms with E-state index < -0.39 is 17.9 Å². The molecule has 0 aliphatic rings. The lowest BCUT2D eigenvalue weighted by atomic mass is 10.2. The van der Waals surface area contributed by atoms with Gasteiger partial charge in [0.05, 0.1) is 6.42 Å². The summed E-state index contributed by atoms with van der Waals surface area (Å²) < 4.78 is 0. The first-order valence-corrected chi connectivity index (χ1v) is 7.06. The number of hydrogen-bond donors (Lipinski definition) is 3. The fraction of sp³-hybridized carbons (Fsp3) is 0.462. The van der Waals surface area contributed by atoms with E-state index in [9.17, 15) is 14.4 Å². The van der Waals surface area contributed by atoms with E-state index >= 15 is 0 Å². The van der Waals surface area contributed by atoms with Crippen LogP contribution in [0.4, 0.5) is 4.79 Å². The fourth-order valence-corrected chi connectivity index (χ4v) is 2.64. The molecule has 0 fully saturated rings. The summed E-state index contributed by atoms with van der Waals surface area (Å²) in [4.78, 5) is 35.4. The quantitative estimate of drug-likeness (QED) is 0.744. The van der Waals surface area contributed by atoms with Crippen molar-refractivity contribution >= 4 is 29.2 Å². The second-order valence-corrected chi connectivity index (χ2v) is 5.91. The second-order valence-electron chi connectivity index (χ2n) is 4.53. The Kier molecular flexibility index (Phi) is 6.17. The van der Waals surface area contributed by atoms with Gasteiger partial charge in [0, 0.05) is 28.6 Å². The van der Waals surface area contributed by atoms with Gasteiger partial charge in [-0.2, -0.15) is 0 Å². The molecule has 0 bridgehead atoms. The van der Waals surface area contributed by atoms with Gasteiger partial charge in [-0.25, -0.2) is 4.79 Å². The standard InChI is InChI=1S/C13H18N2O4S/c1-8(7-10-4-3-9(2)20-10)14-13(19)15-11(16)5-6-12(17)18/h3-4,8H,5-7H2,1-2H3,(H,17,18)(H2,14,15,16,19). The third-order valence-corrected chi connectivity index (χ3v) is 3.52. The van der Waals surface area contributed by atoms with Crippen molar-refractivity contribution in [2.24, 2.45) is 0 Å². The molecular formula is C13H18N2O4S. The number of aryl methyl sites for hydroxylation is 1. The zero-order chi connectivity index (χ0) is 15.1. The summed E-state index contributed by atoms with van der Waals surface area (Å²) in [5.41, 5.74) is 0. The first-order valence-electron chi connectivity index (χ1n) is 6.24. The highest BCUT2D eigenvalue weighted by Gasteiger charge is 2.12. The predicted octanol–water partition coefficient (Wildman–Crippen LogP) is 1.68. The van der Waals surface area contributed by atoms with E-state index in [2.05, 4.69) is 10.6 Å². The highest BCUT2D eigenvalue weighted by Crippen LogP contribution is 2.16. The second kappa shape index (κ2) is 7.64. The SMILES string of the molecule is Cc1ccc(CC(C)NC(=O)NC(=O)CCC(=O)O)s1. The van der Waals surface area contributed by atoms with Crippen molar-refractivity contribution in [3.8, 4) is 0 Å². The molecule has 1 aromatic rings. The maximum Gasteiger partial charge on any atom is 0.321 e. The van der Waals surface area contributed by atoms with Gasteiger partial charge in [0.1, 0.15) is 0 Å². The zero-order valence-corrected chi connectivity index (χ0v) is 12.3. The van der Waals surface area contributed by atoms with E-state index in [0.29, 0.717) is 6.42 Å². The molecule has 0 radical (unpaired) electrons. The van der Waals surface area contributed by atoms with Gasteiger partial charge in [-0.1, -0.05) is 0 Å². The molecule has 3 N–H and O–H groups in total. The molecule has 1 aromatic heterocycles. The molecule has 0 aliphatic carbocycles. The average molecular weight is 298 g/mol. The molecule has 20 heavy (non-hydrogen) atoms. The molecule has 1 heterocycles. The van der Waals surface area contributed by atoms with Crippen LogP contribution in [-0.4, -0.2) is 29.1 Å². The lowest BCUT2D eigenvalue weighted by molar-refractivity contribution is -0.138. The predicted molar refractivity (Wildman–Crippen MR) is 75.8 cm³/mol. The molecule has 0 aromatic carbocycles. The third kappa shape index (κ3) is 6.33. The van der Waals surface area contributed by atoms with Crippen molar-refractivity contribution in [3.05, 3.63) is 21.9 Å². The van der Waals surface area contributed by atoms with Crippen LogP contribution in [0.5, 0.6) is 0 Å². The number of amides is 3. The zero-order valence-electron chi connectivity index (χ0n) is 11.4. The maximum absolute atomic E-state index is 11.5. The van der Waals surface area contributed by atoms with E-state index in [-0.39, 0.29) is 18.9 Å². The number of aliphatic carboxylic acids is 1. The van der Waals surface area contributed by atoms with Gasteiger partial charge < -0.3 is 10.4 Å². The van der Waals surface area contributed by atoms with Crippen LogP contribution < -0.4 is 10.6 Å². The van der Waals surface area contributed by atoms with Crippen LogP contribution in [0.1, 0.15) is 29.5 Å². The van der Waals surface area contributed by atoms with Crippen LogP contribution in [0.25, 0.3) is 0 Å². The summed E-state index contributed by atoms with van der Waals surface area (Å²) in [6, 6.07) is 3.32. The van der Waals surface area contributed by atoms with E-state index in [0.717, 1.165) is 4.88 Å². The van der Waals surface area contributed by atoms with Gasteiger partial charge in [0.15, 0.2) is 0 Å². The number of rotatable bonds is 6. The van der Waals surface area contributed by atoms with Gasteiger partial charge in [0.2, 0.25) is 5.91 Å². The van der Waals surface area contributed by atoms with Crippen LogP contribution in [0.15, 0.2) is 12.1 Å². The summed E-state index contributed by atoms with van der Waals surface area (Å²) in [5, 5.41) is 13.2. The summed E-state index contributed by atoms with van der Waals surface area (Å²) >= 11 is 1.66. The third-order valence-electron chi connectivity index (χ3n) is 2.50. The number of carboxylic acid groups (broad SMARTS) is 1. The molecule has 1 atom stereocenters. The molecule has 3 amide bonds. The van der Waals surface area contributed by atoms with Crippen molar-refractivity contribution < 1.29 is 19.5 Å². The molecule has 0 aliphatic heterocycles. The molecule has 1 rings (SSSR count). The normalized spacial score (nSPS) is 11.7. The van der Waals surface area contributed by atoms with Crippen LogP contribution >= 0.6 is 11.3 Å². The van der Waals surface area contributed by atoms with Crippen LogP contribution in [0, 0.1) is 6.92 Å². The Balaban J connectivity index is 2.30. The minimum atomic E-state index is -1.07. The van der Waals surface area contributed by atoms with Gasteiger partial charge in [-0.3, -0.25) is 14.9 Å². The number of carbonyl (C=O) groups is 3. The van der Waals surface area contributed by atoms with E-state index in [1.54, 1.807) is 11.3 Å². The highest BCUT2D eigenvalue weighted by atomic mass is 32.1. The minimum Gasteiger partial charge on any atom is -0.481 e. The Bertz CT molecular complexity index is 498. The van der Waals surface area contributed by atoms with Crippen molar-refractivity contribution in [1.82, 2.24) is 10.6 Å². The Hall–Kier alpha value is -1.89. The number of nitrogens with one attached hydrogen (secondary N) is 2. The topological polar surface area (TPSA) is 95.5 Å². The van der Waals surface area contributed by atoms with Gasteiger partial charge in [0.25, 0.3) is 0 Å². The molecule has 0 spiro atoms. The van der Waals surface area contributed by atoms with Crippen LogP contribution in [0.2, 0.25) is 0 Å². The van der Waals surface area contributed by atoms with Crippen molar-refractivity contribution in [3.63, 3.8) is 0 Å². The average Bonchev–Trinajstić information content (AvgIpc) is 2.71. The van der Waals surface area contributed by atoms with Crippen molar-refractivity contribution in [1.29, 1.82) is 0 Å². The summed E-state index contributed by atoms with van der Waals surface area (Å²) in [7, 11) is 0. The Labute approximate surface area is 121 Å². The van der Waals surface area contributed by atoms with E-state index in [1.165, 1.54) is 4.88 Å². The minimum absolute atomic E-state index is 0.111. The first kappa shape index (κ1) is 16.2. The number of carboxylic acids is 1. The summed E-state index contributed by atoms with van der Waals surface area (Å²) in [6.07, 6.45) is 0.194. The number of urea groups is 1. The Morgan fingerprint density at radius 3 is 2.55 bits per heavy atom. The van der Waals surface area contributed by atoms with Gasteiger partial charge in [-0.05, 0) is 26.0 Å². The summed E-state index contributed by atoms with van der Waals surface area (Å²) in [6.45, 7) is 3.86. The highest BCUT2D eigenvalue weighted by molar-refractivity contribution is 7.11. The largest absolute Gasteiger partial charge is 0.481 e. The molecule has 7 heteroatoms. The molecular weight excluding hydrogens is 280 g/mol. The van der Waals surface area contributed by atoms with Crippen LogP contribution in [-0.2, 0) is 16.0 Å². The molecule has 6 nitrogen and oxygen atoms in total. The van der Waals surface area contributed by atoms with Gasteiger partial charge >= 0.3 is 12.0 Å². The van der Waals surface area contributed by atoms with Crippen LogP contribution in [0.3, 0.4) is 0 Å². The number of carbonyl (C=O) groups excluding carboxylic acids is 2. The molecule has 110 valence electrons. The Morgan fingerprint density at radius 2 is 2.00 bits per heavy atom. The monoisotopic (exact) mass is 298 g/mol. The maximum atomic E-state index is 11.5. The van der Waals surface area contributed by atoms with Crippen molar-refractivity contribution in [2.75, 3.05) is 0 Å². The lowest BCUT2D eigenvalue weighted by Gasteiger charge is -2.13.